The standard InChI is InChI=1S/C22H30N6O4/c1-13-12-27(20-19(24)16(23)7-8-26-20)9-10-28(13)22(30)14(2)32-17-6-5-15(21(29)25-3)11-18(17)31-4/h5-8,11,13-14H,9-10,12,24H2,1-4H3,(H2,23,26)(H,25,29)/t13-,14+/m1/s1. The summed E-state index contributed by atoms with van der Waals surface area (Å²) in [6.07, 6.45) is 0.890. The fourth-order valence-electron chi connectivity index (χ4n) is 3.73. The van der Waals surface area contributed by atoms with Crippen LogP contribution in [-0.2, 0) is 4.79 Å². The molecule has 0 saturated carbocycles. The Morgan fingerprint density at radius 1 is 1.22 bits per heavy atom. The predicted octanol–water partition coefficient (Wildman–Crippen LogP) is 1.12. The van der Waals surface area contributed by atoms with E-state index in [0.29, 0.717) is 53.9 Å². The number of rotatable bonds is 6. The Morgan fingerprint density at radius 3 is 2.62 bits per heavy atom. The third kappa shape index (κ3) is 4.63. The number of hydrogen-bond donors (Lipinski definition) is 3. The van der Waals surface area contributed by atoms with Gasteiger partial charge in [-0.1, -0.05) is 0 Å². The van der Waals surface area contributed by atoms with Crippen LogP contribution in [0.15, 0.2) is 30.5 Å². The zero-order valence-electron chi connectivity index (χ0n) is 18.8. The van der Waals surface area contributed by atoms with Crippen molar-refractivity contribution in [1.29, 1.82) is 0 Å². The molecule has 1 fully saturated rings. The van der Waals surface area contributed by atoms with E-state index in [0.717, 1.165) is 0 Å². The van der Waals surface area contributed by atoms with Crippen molar-refractivity contribution >= 4 is 29.0 Å². The second-order valence-corrected chi connectivity index (χ2v) is 7.67. The highest BCUT2D eigenvalue weighted by Crippen LogP contribution is 2.30. The average molecular weight is 443 g/mol. The summed E-state index contributed by atoms with van der Waals surface area (Å²) in [5.41, 5.74) is 13.4. The van der Waals surface area contributed by atoms with Crippen molar-refractivity contribution in [3.8, 4) is 11.5 Å². The number of piperazine rings is 1. The minimum atomic E-state index is -0.737. The number of carbonyl (C=O) groups is 2. The summed E-state index contributed by atoms with van der Waals surface area (Å²) < 4.78 is 11.3. The highest BCUT2D eigenvalue weighted by Gasteiger charge is 2.32. The Labute approximate surface area is 187 Å². The Balaban J connectivity index is 1.68. The number of nitrogen functional groups attached to an aromatic ring is 2. The van der Waals surface area contributed by atoms with E-state index in [1.54, 1.807) is 49.3 Å². The first-order valence-corrected chi connectivity index (χ1v) is 10.4. The number of ether oxygens (including phenoxy) is 2. The first-order chi connectivity index (χ1) is 15.3. The zero-order valence-corrected chi connectivity index (χ0v) is 18.8. The average Bonchev–Trinajstić information content (AvgIpc) is 2.80. The van der Waals surface area contributed by atoms with Crippen LogP contribution in [0, 0.1) is 0 Å². The van der Waals surface area contributed by atoms with E-state index in [-0.39, 0.29) is 17.9 Å². The third-order valence-electron chi connectivity index (χ3n) is 5.52. The molecule has 1 aliphatic heterocycles. The Morgan fingerprint density at radius 2 is 1.97 bits per heavy atom. The van der Waals surface area contributed by atoms with E-state index in [4.69, 9.17) is 20.9 Å². The SMILES string of the molecule is CNC(=O)c1ccc(O[C@@H](C)C(=O)N2CCN(c3nccc(N)c3N)C[C@H]2C)c(OC)c1. The van der Waals surface area contributed by atoms with Gasteiger partial charge in [0.05, 0.1) is 18.5 Å². The normalized spacial score (nSPS) is 16.9. The highest BCUT2D eigenvalue weighted by molar-refractivity contribution is 5.94. The number of aromatic nitrogens is 1. The zero-order chi connectivity index (χ0) is 23.4. The van der Waals surface area contributed by atoms with E-state index in [1.807, 2.05) is 11.8 Å². The molecule has 10 nitrogen and oxygen atoms in total. The minimum absolute atomic E-state index is 0.0811. The van der Waals surface area contributed by atoms with E-state index in [2.05, 4.69) is 10.3 Å². The predicted molar refractivity (Wildman–Crippen MR) is 123 cm³/mol. The molecule has 0 unspecified atom stereocenters. The quantitative estimate of drug-likeness (QED) is 0.605. The second kappa shape index (κ2) is 9.63. The van der Waals surface area contributed by atoms with Crippen LogP contribution >= 0.6 is 0 Å². The lowest BCUT2D eigenvalue weighted by Crippen LogP contribution is -2.57. The molecule has 172 valence electrons. The molecule has 2 aromatic rings. The molecule has 1 saturated heterocycles. The van der Waals surface area contributed by atoms with Crippen molar-refractivity contribution in [2.75, 3.05) is 50.2 Å². The molecule has 10 heteroatoms. The van der Waals surface area contributed by atoms with Crippen LogP contribution in [0.5, 0.6) is 11.5 Å². The van der Waals surface area contributed by atoms with Gasteiger partial charge in [-0.15, -0.1) is 0 Å². The summed E-state index contributed by atoms with van der Waals surface area (Å²) in [6.45, 7) is 5.32. The van der Waals surface area contributed by atoms with Crippen LogP contribution in [-0.4, -0.2) is 67.6 Å². The van der Waals surface area contributed by atoms with Crippen molar-refractivity contribution in [2.24, 2.45) is 0 Å². The van der Waals surface area contributed by atoms with Gasteiger partial charge in [0.25, 0.3) is 11.8 Å². The van der Waals surface area contributed by atoms with E-state index < -0.39 is 6.10 Å². The maximum atomic E-state index is 13.1. The van der Waals surface area contributed by atoms with Gasteiger partial charge < -0.3 is 36.1 Å². The Hall–Kier alpha value is -3.69. The summed E-state index contributed by atoms with van der Waals surface area (Å²) in [4.78, 5) is 33.1. The summed E-state index contributed by atoms with van der Waals surface area (Å²) >= 11 is 0. The van der Waals surface area contributed by atoms with Gasteiger partial charge in [0.2, 0.25) is 0 Å². The minimum Gasteiger partial charge on any atom is -0.493 e. The lowest BCUT2D eigenvalue weighted by molar-refractivity contribution is -0.140. The summed E-state index contributed by atoms with van der Waals surface area (Å²) in [7, 11) is 3.04. The molecule has 0 radical (unpaired) electrons. The summed E-state index contributed by atoms with van der Waals surface area (Å²) in [6, 6.07) is 6.41. The van der Waals surface area contributed by atoms with Gasteiger partial charge in [0.15, 0.2) is 23.4 Å². The van der Waals surface area contributed by atoms with Crippen molar-refractivity contribution < 1.29 is 19.1 Å². The van der Waals surface area contributed by atoms with Crippen LogP contribution in [0.3, 0.4) is 0 Å². The number of methoxy groups -OCH3 is 1. The summed E-state index contributed by atoms with van der Waals surface area (Å²) in [5.74, 6) is 1.04. The largest absolute Gasteiger partial charge is 0.493 e. The topological polar surface area (TPSA) is 136 Å². The number of amides is 2. The number of nitrogens with one attached hydrogen (secondary N) is 1. The number of hydrogen-bond acceptors (Lipinski definition) is 8. The number of nitrogens with two attached hydrogens (primary N) is 2. The molecule has 1 aromatic heterocycles. The number of benzene rings is 1. The smallest absolute Gasteiger partial charge is 0.263 e. The molecule has 0 spiro atoms. The maximum absolute atomic E-state index is 13.1. The molecular weight excluding hydrogens is 412 g/mol. The van der Waals surface area contributed by atoms with Crippen LogP contribution in [0.4, 0.5) is 17.2 Å². The fraction of sp³-hybridized carbons (Fsp3) is 0.409. The van der Waals surface area contributed by atoms with E-state index in [9.17, 15) is 9.59 Å². The second-order valence-electron chi connectivity index (χ2n) is 7.67. The molecule has 0 aliphatic carbocycles. The maximum Gasteiger partial charge on any atom is 0.263 e. The Kier molecular flexibility index (Phi) is 6.92. The molecule has 2 atom stereocenters. The van der Waals surface area contributed by atoms with Gasteiger partial charge in [0, 0.05) is 44.5 Å². The molecular formula is C22H30N6O4. The van der Waals surface area contributed by atoms with Gasteiger partial charge in [-0.05, 0) is 38.1 Å². The molecule has 32 heavy (non-hydrogen) atoms. The highest BCUT2D eigenvalue weighted by atomic mass is 16.5. The van der Waals surface area contributed by atoms with Gasteiger partial charge in [-0.25, -0.2) is 4.98 Å². The fourth-order valence-corrected chi connectivity index (χ4v) is 3.73. The van der Waals surface area contributed by atoms with Crippen molar-refractivity contribution in [2.45, 2.75) is 26.0 Å². The molecule has 3 rings (SSSR count). The van der Waals surface area contributed by atoms with Gasteiger partial charge >= 0.3 is 0 Å². The molecule has 1 aromatic carbocycles. The molecule has 0 bridgehead atoms. The monoisotopic (exact) mass is 442 g/mol. The number of carbonyl (C=O) groups excluding carboxylic acids is 2. The van der Waals surface area contributed by atoms with E-state index >= 15 is 0 Å². The van der Waals surface area contributed by atoms with Crippen LogP contribution in [0.25, 0.3) is 0 Å². The van der Waals surface area contributed by atoms with Crippen LogP contribution in [0.2, 0.25) is 0 Å². The third-order valence-corrected chi connectivity index (χ3v) is 5.52. The van der Waals surface area contributed by atoms with Crippen molar-refractivity contribution in [3.05, 3.63) is 36.0 Å². The molecule has 2 heterocycles. The molecule has 5 N–H and O–H groups in total. The van der Waals surface area contributed by atoms with Gasteiger partial charge in [-0.3, -0.25) is 9.59 Å². The molecule has 1 aliphatic rings. The van der Waals surface area contributed by atoms with Gasteiger partial charge in [-0.2, -0.15) is 0 Å². The number of anilines is 3. The number of pyridine rings is 1. The first kappa shape index (κ1) is 23.0. The van der Waals surface area contributed by atoms with Crippen LogP contribution < -0.4 is 31.2 Å². The molecule has 2 amide bonds. The number of nitrogens with zero attached hydrogens (tertiary/aromatic N) is 3. The first-order valence-electron chi connectivity index (χ1n) is 10.4. The lowest BCUT2D eigenvalue weighted by atomic mass is 10.1. The van der Waals surface area contributed by atoms with Crippen molar-refractivity contribution in [3.63, 3.8) is 0 Å². The summed E-state index contributed by atoms with van der Waals surface area (Å²) in [5, 5.41) is 2.56. The van der Waals surface area contributed by atoms with Crippen molar-refractivity contribution in [1.82, 2.24) is 15.2 Å². The van der Waals surface area contributed by atoms with Crippen LogP contribution in [0.1, 0.15) is 24.2 Å². The lowest BCUT2D eigenvalue weighted by Gasteiger charge is -2.41. The van der Waals surface area contributed by atoms with E-state index in [1.165, 1.54) is 7.11 Å². The van der Waals surface area contributed by atoms with Gasteiger partial charge in [0.1, 0.15) is 0 Å². The Bertz CT molecular complexity index is 998.